The van der Waals surface area contributed by atoms with Crippen LogP contribution >= 0.6 is 22.9 Å². The van der Waals surface area contributed by atoms with Crippen molar-refractivity contribution < 1.29 is 19.1 Å². The van der Waals surface area contributed by atoms with Crippen molar-refractivity contribution in [3.8, 4) is 22.8 Å². The Morgan fingerprint density at radius 1 is 0.977 bits per heavy atom. The van der Waals surface area contributed by atoms with Gasteiger partial charge in [0.05, 0.1) is 29.7 Å². The van der Waals surface area contributed by atoms with Gasteiger partial charge in [-0.1, -0.05) is 53.6 Å². The largest absolute Gasteiger partial charge is 0.495 e. The smallest absolute Gasteiger partial charge is 0.271 e. The van der Waals surface area contributed by atoms with E-state index in [9.17, 15) is 9.59 Å². The third-order valence-corrected chi connectivity index (χ3v) is 7.38. The summed E-state index contributed by atoms with van der Waals surface area (Å²) in [4.78, 5) is 29.6. The van der Waals surface area contributed by atoms with E-state index >= 15 is 0 Å². The Bertz CT molecular complexity index is 1790. The molecular weight excluding hydrogens is 598 g/mol. The number of para-hydroxylation sites is 2. The van der Waals surface area contributed by atoms with Gasteiger partial charge in [-0.05, 0) is 67.1 Å². The van der Waals surface area contributed by atoms with Gasteiger partial charge in [0.1, 0.15) is 11.5 Å². The Morgan fingerprint density at radius 2 is 1.75 bits per heavy atom. The van der Waals surface area contributed by atoms with Crippen molar-refractivity contribution >= 4 is 57.5 Å². The number of rotatable bonds is 11. The molecule has 0 aliphatic carbocycles. The molecule has 222 valence electrons. The number of halogens is 1. The van der Waals surface area contributed by atoms with E-state index < -0.39 is 0 Å². The fraction of sp³-hybridized carbons (Fsp3) is 0.0909. The van der Waals surface area contributed by atoms with Gasteiger partial charge in [-0.2, -0.15) is 5.10 Å². The molecule has 0 aliphatic rings. The van der Waals surface area contributed by atoms with Gasteiger partial charge in [-0.15, -0.1) is 11.3 Å². The summed E-state index contributed by atoms with van der Waals surface area (Å²) in [6, 6.07) is 27.3. The summed E-state index contributed by atoms with van der Waals surface area (Å²) in [5.74, 6) is 0.155. The van der Waals surface area contributed by atoms with Crippen LogP contribution in [0.2, 0.25) is 5.02 Å². The molecule has 5 rings (SSSR count). The van der Waals surface area contributed by atoms with Gasteiger partial charge < -0.3 is 20.1 Å². The number of hydrogen-bond donors (Lipinski definition) is 3. The number of carbonyl (C=O) groups excluding carboxylic acids is 2. The Hall–Kier alpha value is -5.19. The highest BCUT2D eigenvalue weighted by Gasteiger charge is 2.11. The van der Waals surface area contributed by atoms with Gasteiger partial charge in [0.15, 0.2) is 11.7 Å². The first-order valence-electron chi connectivity index (χ1n) is 13.5. The van der Waals surface area contributed by atoms with Crippen LogP contribution in [0.1, 0.15) is 21.5 Å². The number of hydrogen-bond acceptors (Lipinski definition) is 8. The summed E-state index contributed by atoms with van der Waals surface area (Å²) in [5, 5.41) is 13.1. The van der Waals surface area contributed by atoms with E-state index in [0.29, 0.717) is 33.3 Å². The number of hydrazone groups is 1. The Morgan fingerprint density at radius 3 is 2.50 bits per heavy atom. The highest BCUT2D eigenvalue weighted by molar-refractivity contribution is 7.14. The molecule has 1 aromatic heterocycles. The fourth-order valence-corrected chi connectivity index (χ4v) is 5.02. The Balaban J connectivity index is 1.11. The van der Waals surface area contributed by atoms with Gasteiger partial charge in [0.25, 0.3) is 11.8 Å². The van der Waals surface area contributed by atoms with E-state index in [1.165, 1.54) is 30.2 Å². The number of nitrogens with zero attached hydrogens (tertiary/aromatic N) is 2. The van der Waals surface area contributed by atoms with Gasteiger partial charge >= 0.3 is 0 Å². The lowest BCUT2D eigenvalue weighted by Gasteiger charge is -2.11. The molecule has 0 spiro atoms. The lowest BCUT2D eigenvalue weighted by molar-refractivity contribution is -0.118. The highest BCUT2D eigenvalue weighted by Crippen LogP contribution is 2.28. The molecule has 0 saturated heterocycles. The summed E-state index contributed by atoms with van der Waals surface area (Å²) >= 11 is 7.85. The van der Waals surface area contributed by atoms with Crippen LogP contribution in [0.25, 0.3) is 11.3 Å². The minimum Gasteiger partial charge on any atom is -0.495 e. The second kappa shape index (κ2) is 14.3. The molecule has 4 aromatic carbocycles. The van der Waals surface area contributed by atoms with Crippen LogP contribution in [0.15, 0.2) is 101 Å². The SMILES string of the molecule is COc1ccccc1NC(=O)COc1ccc(/C=N/NC(=O)c2ccc(-c3csc(Nc4ccc(C)cc4)n3)cc2)cc1Cl. The number of nitrogens with one attached hydrogen (secondary N) is 3. The van der Waals surface area contributed by atoms with Gasteiger partial charge in [-0.3, -0.25) is 9.59 Å². The van der Waals surface area contributed by atoms with E-state index in [2.05, 4.69) is 26.1 Å². The summed E-state index contributed by atoms with van der Waals surface area (Å²) < 4.78 is 10.8. The molecule has 44 heavy (non-hydrogen) atoms. The van der Waals surface area contributed by atoms with Crippen LogP contribution in [0, 0.1) is 6.92 Å². The maximum Gasteiger partial charge on any atom is 0.271 e. The zero-order valence-electron chi connectivity index (χ0n) is 23.8. The molecule has 11 heteroatoms. The molecule has 9 nitrogen and oxygen atoms in total. The predicted molar refractivity (Wildman–Crippen MR) is 176 cm³/mol. The Kier molecular flexibility index (Phi) is 9.85. The fourth-order valence-electron chi connectivity index (χ4n) is 4.04. The van der Waals surface area contributed by atoms with Crippen LogP contribution < -0.4 is 25.5 Å². The number of thiazole rings is 1. The van der Waals surface area contributed by atoms with E-state index in [4.69, 9.17) is 21.1 Å². The first kappa shape index (κ1) is 30.3. The average Bonchev–Trinajstić information content (AvgIpc) is 3.50. The van der Waals surface area contributed by atoms with Crippen molar-refractivity contribution in [3.05, 3.63) is 118 Å². The van der Waals surface area contributed by atoms with Crippen molar-refractivity contribution in [2.45, 2.75) is 6.92 Å². The molecule has 0 bridgehead atoms. The van der Waals surface area contributed by atoms with E-state index in [0.717, 1.165) is 22.1 Å². The standard InChI is InChI=1S/C33H28ClN5O4S/c1-21-7-14-25(15-8-21)36-33-38-28(20-44-33)23-10-12-24(13-11-23)32(41)39-35-18-22-9-16-29(26(34)17-22)43-19-31(40)37-27-5-3-4-6-30(27)42-2/h3-18,20H,19H2,1-2H3,(H,36,38)(H,37,40)(H,39,41)/b35-18+. The van der Waals surface area contributed by atoms with Crippen molar-refractivity contribution in [1.82, 2.24) is 10.4 Å². The lowest BCUT2D eigenvalue weighted by atomic mass is 10.1. The van der Waals surface area contributed by atoms with Gasteiger partial charge in [0, 0.05) is 22.2 Å². The van der Waals surface area contributed by atoms with Crippen LogP contribution in [0.4, 0.5) is 16.5 Å². The molecule has 3 N–H and O–H groups in total. The van der Waals surface area contributed by atoms with Crippen LogP contribution in [0.3, 0.4) is 0 Å². The van der Waals surface area contributed by atoms with Crippen molar-refractivity contribution in [2.24, 2.45) is 5.10 Å². The molecule has 0 fully saturated rings. The minimum atomic E-state index is -0.363. The van der Waals surface area contributed by atoms with Gasteiger partial charge in [0.2, 0.25) is 0 Å². The predicted octanol–water partition coefficient (Wildman–Crippen LogP) is 7.31. The molecular formula is C33H28ClN5O4S. The molecule has 0 saturated carbocycles. The van der Waals surface area contributed by atoms with E-state index in [1.54, 1.807) is 48.5 Å². The number of carbonyl (C=O) groups is 2. The highest BCUT2D eigenvalue weighted by atomic mass is 35.5. The average molecular weight is 626 g/mol. The number of aromatic nitrogens is 1. The molecule has 2 amide bonds. The number of aryl methyl sites for hydroxylation is 1. The normalized spacial score (nSPS) is 10.8. The molecule has 0 aliphatic heterocycles. The third kappa shape index (κ3) is 8.00. The maximum absolute atomic E-state index is 12.6. The molecule has 0 atom stereocenters. The summed E-state index contributed by atoms with van der Waals surface area (Å²) in [6.07, 6.45) is 1.47. The minimum absolute atomic E-state index is 0.242. The molecule has 0 radical (unpaired) electrons. The number of anilines is 3. The quantitative estimate of drug-likeness (QED) is 0.105. The zero-order chi connectivity index (χ0) is 30.9. The van der Waals surface area contributed by atoms with Crippen molar-refractivity contribution in [2.75, 3.05) is 24.4 Å². The second-order valence-electron chi connectivity index (χ2n) is 9.53. The number of ether oxygens (including phenoxy) is 2. The van der Waals surface area contributed by atoms with Gasteiger partial charge in [-0.25, -0.2) is 10.4 Å². The summed E-state index contributed by atoms with van der Waals surface area (Å²) in [6.45, 7) is 1.80. The number of amides is 2. The van der Waals surface area contributed by atoms with Crippen LogP contribution in [0.5, 0.6) is 11.5 Å². The zero-order valence-corrected chi connectivity index (χ0v) is 25.4. The first-order chi connectivity index (χ1) is 21.4. The number of methoxy groups -OCH3 is 1. The maximum atomic E-state index is 12.6. The Labute approximate surface area is 263 Å². The van der Waals surface area contributed by atoms with Crippen LogP contribution in [-0.4, -0.2) is 36.7 Å². The first-order valence-corrected chi connectivity index (χ1v) is 14.7. The number of benzene rings is 4. The monoisotopic (exact) mass is 625 g/mol. The van der Waals surface area contributed by atoms with Crippen LogP contribution in [-0.2, 0) is 4.79 Å². The van der Waals surface area contributed by atoms with E-state index in [1.807, 2.05) is 54.8 Å². The topological polar surface area (TPSA) is 114 Å². The molecule has 1 heterocycles. The van der Waals surface area contributed by atoms with Crippen molar-refractivity contribution in [1.29, 1.82) is 0 Å². The molecule has 5 aromatic rings. The molecule has 0 unspecified atom stereocenters. The summed E-state index contributed by atoms with van der Waals surface area (Å²) in [7, 11) is 1.53. The van der Waals surface area contributed by atoms with Crippen molar-refractivity contribution in [3.63, 3.8) is 0 Å². The second-order valence-corrected chi connectivity index (χ2v) is 10.8. The lowest BCUT2D eigenvalue weighted by Crippen LogP contribution is -2.20. The summed E-state index contributed by atoms with van der Waals surface area (Å²) in [5.41, 5.74) is 8.02. The third-order valence-electron chi connectivity index (χ3n) is 6.33. The van der Waals surface area contributed by atoms with E-state index in [-0.39, 0.29) is 18.4 Å².